The van der Waals surface area contributed by atoms with Crippen LogP contribution < -0.4 is 15.4 Å². The molecule has 5 nitrogen and oxygen atoms in total. The maximum atomic E-state index is 12.7. The van der Waals surface area contributed by atoms with Gasteiger partial charge in [0.1, 0.15) is 11.4 Å². The summed E-state index contributed by atoms with van der Waals surface area (Å²) in [5.41, 5.74) is 3.17. The van der Waals surface area contributed by atoms with Gasteiger partial charge in [-0.05, 0) is 35.7 Å². The summed E-state index contributed by atoms with van der Waals surface area (Å²) in [5, 5.41) is 6.22. The zero-order valence-corrected chi connectivity index (χ0v) is 17.1. The minimum Gasteiger partial charge on any atom is -0.494 e. The molecule has 1 amide bonds. The Hall–Kier alpha value is -2.05. The SMILES string of the molecule is COCCNc1c(NC(=O)c2ccc(C(C)C)cc2)cc(Br)cc1OC. The third-order valence-electron chi connectivity index (χ3n) is 3.98. The zero-order chi connectivity index (χ0) is 19.1. The predicted octanol–water partition coefficient (Wildman–Crippen LogP) is 4.89. The molecule has 0 unspecified atom stereocenters. The van der Waals surface area contributed by atoms with Crippen molar-refractivity contribution in [3.8, 4) is 5.75 Å². The maximum Gasteiger partial charge on any atom is 0.255 e. The lowest BCUT2D eigenvalue weighted by molar-refractivity contribution is 0.102. The van der Waals surface area contributed by atoms with E-state index in [1.54, 1.807) is 14.2 Å². The second-order valence-corrected chi connectivity index (χ2v) is 7.10. The van der Waals surface area contributed by atoms with Gasteiger partial charge >= 0.3 is 0 Å². The molecule has 0 atom stereocenters. The van der Waals surface area contributed by atoms with E-state index in [2.05, 4.69) is 40.4 Å². The first-order valence-corrected chi connectivity index (χ1v) is 9.27. The quantitative estimate of drug-likeness (QED) is 0.596. The second-order valence-electron chi connectivity index (χ2n) is 6.18. The molecule has 2 aromatic carbocycles. The number of hydrogen-bond acceptors (Lipinski definition) is 4. The van der Waals surface area contributed by atoms with Crippen LogP contribution >= 0.6 is 15.9 Å². The van der Waals surface area contributed by atoms with E-state index in [1.807, 2.05) is 36.4 Å². The molecular formula is C20H25BrN2O3. The minimum absolute atomic E-state index is 0.171. The number of carbonyl (C=O) groups excluding carboxylic acids is 1. The number of amides is 1. The number of rotatable bonds is 8. The van der Waals surface area contributed by atoms with Gasteiger partial charge in [0, 0.05) is 23.7 Å². The summed E-state index contributed by atoms with van der Waals surface area (Å²) in [5.74, 6) is 0.897. The van der Waals surface area contributed by atoms with Gasteiger partial charge in [0.05, 0.1) is 19.4 Å². The average molecular weight is 421 g/mol. The van der Waals surface area contributed by atoms with Gasteiger partial charge in [-0.25, -0.2) is 0 Å². The molecule has 2 rings (SSSR count). The van der Waals surface area contributed by atoms with Crippen molar-refractivity contribution >= 4 is 33.2 Å². The van der Waals surface area contributed by atoms with Crippen LogP contribution in [0.25, 0.3) is 0 Å². The summed E-state index contributed by atoms with van der Waals surface area (Å²) in [7, 11) is 3.24. The maximum absolute atomic E-state index is 12.7. The molecular weight excluding hydrogens is 396 g/mol. The molecule has 0 aliphatic carbocycles. The molecule has 0 heterocycles. The van der Waals surface area contributed by atoms with Crippen LogP contribution in [0.3, 0.4) is 0 Å². The van der Waals surface area contributed by atoms with E-state index in [-0.39, 0.29) is 5.91 Å². The van der Waals surface area contributed by atoms with Crippen molar-refractivity contribution in [3.05, 3.63) is 52.0 Å². The number of ether oxygens (including phenoxy) is 2. The lowest BCUT2D eigenvalue weighted by Gasteiger charge is -2.17. The molecule has 26 heavy (non-hydrogen) atoms. The van der Waals surface area contributed by atoms with Crippen molar-refractivity contribution in [1.29, 1.82) is 0 Å². The van der Waals surface area contributed by atoms with Gasteiger partial charge in [-0.2, -0.15) is 0 Å². The highest BCUT2D eigenvalue weighted by atomic mass is 79.9. The van der Waals surface area contributed by atoms with E-state index in [1.165, 1.54) is 5.56 Å². The van der Waals surface area contributed by atoms with E-state index in [9.17, 15) is 4.79 Å². The molecule has 2 N–H and O–H groups in total. The lowest BCUT2D eigenvalue weighted by Crippen LogP contribution is -2.16. The number of methoxy groups -OCH3 is 2. The third kappa shape index (κ3) is 5.22. The highest BCUT2D eigenvalue weighted by Crippen LogP contribution is 2.36. The highest BCUT2D eigenvalue weighted by Gasteiger charge is 2.15. The number of anilines is 2. The molecule has 0 saturated heterocycles. The summed E-state index contributed by atoms with van der Waals surface area (Å²) in [6.45, 7) is 5.39. The van der Waals surface area contributed by atoms with E-state index in [0.29, 0.717) is 36.1 Å². The van der Waals surface area contributed by atoms with Crippen LogP contribution in [0.1, 0.15) is 35.7 Å². The summed E-state index contributed by atoms with van der Waals surface area (Å²) in [6.07, 6.45) is 0. The topological polar surface area (TPSA) is 59.6 Å². The molecule has 0 aromatic heterocycles. The molecule has 0 saturated carbocycles. The molecule has 0 bridgehead atoms. The summed E-state index contributed by atoms with van der Waals surface area (Å²) in [6, 6.07) is 11.4. The van der Waals surface area contributed by atoms with Crippen LogP contribution in [0.4, 0.5) is 11.4 Å². The number of benzene rings is 2. The normalized spacial score (nSPS) is 10.7. The fourth-order valence-electron chi connectivity index (χ4n) is 2.52. The van der Waals surface area contributed by atoms with Crippen LogP contribution in [-0.2, 0) is 4.74 Å². The Morgan fingerprint density at radius 2 is 1.85 bits per heavy atom. The van der Waals surface area contributed by atoms with Gasteiger partial charge in [-0.3, -0.25) is 4.79 Å². The minimum atomic E-state index is -0.171. The molecule has 6 heteroatoms. The van der Waals surface area contributed by atoms with Crippen molar-refractivity contribution in [2.24, 2.45) is 0 Å². The van der Waals surface area contributed by atoms with E-state index < -0.39 is 0 Å². The first-order chi connectivity index (χ1) is 12.5. The van der Waals surface area contributed by atoms with Gasteiger partial charge in [0.15, 0.2) is 0 Å². The standard InChI is InChI=1S/C20H25BrN2O3/c1-13(2)14-5-7-15(8-6-14)20(24)23-17-11-16(21)12-18(26-4)19(17)22-9-10-25-3/h5-8,11-13,22H,9-10H2,1-4H3,(H,23,24). The molecule has 0 spiro atoms. The van der Waals surface area contributed by atoms with Gasteiger partial charge in [0.2, 0.25) is 0 Å². The Bertz CT molecular complexity index is 745. The molecule has 0 fully saturated rings. The average Bonchev–Trinajstić information content (AvgIpc) is 2.63. The molecule has 2 aromatic rings. The smallest absolute Gasteiger partial charge is 0.255 e. The summed E-state index contributed by atoms with van der Waals surface area (Å²) < 4.78 is 11.3. The Morgan fingerprint density at radius 1 is 1.15 bits per heavy atom. The summed E-state index contributed by atoms with van der Waals surface area (Å²) >= 11 is 3.46. The van der Waals surface area contributed by atoms with Crippen molar-refractivity contribution in [2.75, 3.05) is 38.0 Å². The third-order valence-corrected chi connectivity index (χ3v) is 4.44. The molecule has 140 valence electrons. The van der Waals surface area contributed by atoms with Crippen molar-refractivity contribution in [3.63, 3.8) is 0 Å². The Kier molecular flexibility index (Phi) is 7.48. The first kappa shape index (κ1) is 20.3. The molecule has 0 radical (unpaired) electrons. The highest BCUT2D eigenvalue weighted by molar-refractivity contribution is 9.10. The van der Waals surface area contributed by atoms with Gasteiger partial charge in [-0.15, -0.1) is 0 Å². The van der Waals surface area contributed by atoms with E-state index in [0.717, 1.165) is 10.2 Å². The van der Waals surface area contributed by atoms with Crippen molar-refractivity contribution in [2.45, 2.75) is 19.8 Å². The number of hydrogen-bond donors (Lipinski definition) is 2. The fraction of sp³-hybridized carbons (Fsp3) is 0.350. The Labute approximate surface area is 163 Å². The monoisotopic (exact) mass is 420 g/mol. The largest absolute Gasteiger partial charge is 0.494 e. The van der Waals surface area contributed by atoms with E-state index >= 15 is 0 Å². The van der Waals surface area contributed by atoms with Gasteiger partial charge < -0.3 is 20.1 Å². The number of carbonyl (C=O) groups is 1. The van der Waals surface area contributed by atoms with Crippen LogP contribution in [-0.4, -0.2) is 33.3 Å². The Balaban J connectivity index is 2.25. The predicted molar refractivity (Wildman–Crippen MR) is 110 cm³/mol. The second kappa shape index (κ2) is 9.59. The van der Waals surface area contributed by atoms with Gasteiger partial charge in [0.25, 0.3) is 5.91 Å². The van der Waals surface area contributed by atoms with Crippen molar-refractivity contribution < 1.29 is 14.3 Å². The van der Waals surface area contributed by atoms with Crippen LogP contribution in [0.2, 0.25) is 0 Å². The molecule has 0 aliphatic rings. The summed E-state index contributed by atoms with van der Waals surface area (Å²) in [4.78, 5) is 12.7. The van der Waals surface area contributed by atoms with Crippen LogP contribution in [0.5, 0.6) is 5.75 Å². The van der Waals surface area contributed by atoms with E-state index in [4.69, 9.17) is 9.47 Å². The lowest BCUT2D eigenvalue weighted by atomic mass is 10.0. The van der Waals surface area contributed by atoms with Gasteiger partial charge in [-0.1, -0.05) is 41.9 Å². The van der Waals surface area contributed by atoms with Crippen LogP contribution in [0.15, 0.2) is 40.9 Å². The zero-order valence-electron chi connectivity index (χ0n) is 15.6. The fourth-order valence-corrected chi connectivity index (χ4v) is 2.95. The first-order valence-electron chi connectivity index (χ1n) is 8.48. The number of halogens is 1. The van der Waals surface area contributed by atoms with Crippen LogP contribution in [0, 0.1) is 0 Å². The Morgan fingerprint density at radius 3 is 2.42 bits per heavy atom. The molecule has 0 aliphatic heterocycles. The number of nitrogens with one attached hydrogen (secondary N) is 2. The van der Waals surface area contributed by atoms with Crippen molar-refractivity contribution in [1.82, 2.24) is 0 Å².